The zero-order valence-electron chi connectivity index (χ0n) is 13.7. The van der Waals surface area contributed by atoms with E-state index in [0.717, 1.165) is 34.5 Å². The first-order valence-corrected chi connectivity index (χ1v) is 10.2. The molecule has 0 aromatic heterocycles. The summed E-state index contributed by atoms with van der Waals surface area (Å²) in [4.78, 5) is 0. The molecule has 0 spiro atoms. The van der Waals surface area contributed by atoms with Gasteiger partial charge in [0.1, 0.15) is 5.75 Å². The van der Waals surface area contributed by atoms with Crippen molar-refractivity contribution < 1.29 is 4.74 Å². The van der Waals surface area contributed by atoms with E-state index < -0.39 is 0 Å². The monoisotopic (exact) mass is 396 g/mol. The summed E-state index contributed by atoms with van der Waals surface area (Å²) >= 11 is 9.48. The molecule has 126 valence electrons. The predicted molar refractivity (Wildman–Crippen MR) is 105 cm³/mol. The minimum absolute atomic E-state index is 0.776. The second-order valence-corrected chi connectivity index (χ2v) is 7.25. The third-order valence-electron chi connectivity index (χ3n) is 4.07. The lowest BCUT2D eigenvalue weighted by molar-refractivity contribution is 0.304. The van der Waals surface area contributed by atoms with Crippen molar-refractivity contribution in [3.8, 4) is 5.75 Å². The fourth-order valence-corrected chi connectivity index (χ4v) is 3.31. The Morgan fingerprint density at radius 2 is 1.35 bits per heavy atom. The molecule has 0 aliphatic carbocycles. The first-order valence-electron chi connectivity index (χ1n) is 8.68. The van der Waals surface area contributed by atoms with Gasteiger partial charge in [-0.25, -0.2) is 0 Å². The topological polar surface area (TPSA) is 9.23 Å². The highest BCUT2D eigenvalue weighted by Gasteiger charge is 1.99. The van der Waals surface area contributed by atoms with Gasteiger partial charge in [-0.15, -0.1) is 0 Å². The van der Waals surface area contributed by atoms with Crippen molar-refractivity contribution in [3.63, 3.8) is 0 Å². The van der Waals surface area contributed by atoms with E-state index in [1.54, 1.807) is 0 Å². The predicted octanol–water partition coefficient (Wildman–Crippen LogP) is 7.39. The molecule has 0 N–H and O–H groups in total. The molecule has 0 aliphatic heterocycles. The van der Waals surface area contributed by atoms with Gasteiger partial charge in [-0.05, 0) is 47.9 Å². The summed E-state index contributed by atoms with van der Waals surface area (Å²) in [5, 5.41) is 4.25. The third kappa shape index (κ3) is 7.14. The first kappa shape index (κ1) is 18.6. The maximum atomic E-state index is 6.00. The van der Waals surface area contributed by atoms with Gasteiger partial charge in [0.05, 0.1) is 6.61 Å². The van der Waals surface area contributed by atoms with Gasteiger partial charge in [0.15, 0.2) is 0 Å². The van der Waals surface area contributed by atoms with Crippen LogP contribution in [0.5, 0.6) is 5.75 Å². The normalized spacial score (nSPS) is 11.0. The number of fused-ring (bicyclic) bond motifs is 1. The summed E-state index contributed by atoms with van der Waals surface area (Å²) in [7, 11) is 0. The fraction of sp³-hybridized carbons (Fsp3) is 0.500. The van der Waals surface area contributed by atoms with E-state index in [-0.39, 0.29) is 0 Å². The van der Waals surface area contributed by atoms with Crippen LogP contribution in [0.25, 0.3) is 10.8 Å². The van der Waals surface area contributed by atoms with E-state index in [0.29, 0.717) is 0 Å². The van der Waals surface area contributed by atoms with E-state index in [1.807, 2.05) is 24.3 Å². The van der Waals surface area contributed by atoms with Crippen molar-refractivity contribution in [2.45, 2.75) is 51.4 Å². The molecule has 2 aromatic carbocycles. The lowest BCUT2D eigenvalue weighted by Crippen LogP contribution is -1.97. The molecular weight excluding hydrogens is 372 g/mol. The molecule has 2 aromatic rings. The lowest BCUT2D eigenvalue weighted by atomic mass is 10.1. The van der Waals surface area contributed by atoms with Crippen LogP contribution in [0.4, 0.5) is 0 Å². The number of hydrogen-bond donors (Lipinski definition) is 0. The fourth-order valence-electron chi connectivity index (χ4n) is 2.73. The summed E-state index contributed by atoms with van der Waals surface area (Å²) < 4.78 is 5.87. The van der Waals surface area contributed by atoms with Crippen LogP contribution < -0.4 is 4.74 Å². The highest BCUT2D eigenvalue weighted by atomic mass is 79.9. The zero-order valence-corrected chi connectivity index (χ0v) is 16.0. The SMILES string of the molecule is Clc1ccc2cc(OCCCCCCCCCCBr)ccc2c1. The molecule has 0 amide bonds. The second-order valence-electron chi connectivity index (χ2n) is 6.02. The van der Waals surface area contributed by atoms with Gasteiger partial charge < -0.3 is 4.74 Å². The highest BCUT2D eigenvalue weighted by molar-refractivity contribution is 9.09. The van der Waals surface area contributed by atoms with Crippen LogP contribution >= 0.6 is 27.5 Å². The molecule has 0 atom stereocenters. The summed E-state index contributed by atoms with van der Waals surface area (Å²) in [5.74, 6) is 0.953. The lowest BCUT2D eigenvalue weighted by Gasteiger charge is -2.07. The molecule has 23 heavy (non-hydrogen) atoms. The summed E-state index contributed by atoms with van der Waals surface area (Å²) in [6.07, 6.45) is 10.5. The minimum atomic E-state index is 0.776. The molecule has 1 nitrogen and oxygen atoms in total. The van der Waals surface area contributed by atoms with Crippen LogP contribution in [-0.2, 0) is 0 Å². The molecule has 0 heterocycles. The van der Waals surface area contributed by atoms with E-state index in [2.05, 4.69) is 28.1 Å². The Bertz CT molecular complexity index is 585. The van der Waals surface area contributed by atoms with Gasteiger partial charge in [-0.3, -0.25) is 0 Å². The average molecular weight is 398 g/mol. The van der Waals surface area contributed by atoms with E-state index in [9.17, 15) is 0 Å². The Morgan fingerprint density at radius 1 is 0.739 bits per heavy atom. The van der Waals surface area contributed by atoms with Crippen LogP contribution in [0, 0.1) is 0 Å². The van der Waals surface area contributed by atoms with E-state index in [1.165, 1.54) is 50.3 Å². The maximum Gasteiger partial charge on any atom is 0.119 e. The third-order valence-corrected chi connectivity index (χ3v) is 4.87. The number of benzene rings is 2. The van der Waals surface area contributed by atoms with Gasteiger partial charge in [0.2, 0.25) is 0 Å². The van der Waals surface area contributed by atoms with Crippen molar-refractivity contribution >= 4 is 38.3 Å². The van der Waals surface area contributed by atoms with E-state index >= 15 is 0 Å². The zero-order chi connectivity index (χ0) is 16.3. The minimum Gasteiger partial charge on any atom is -0.494 e. The van der Waals surface area contributed by atoms with Crippen molar-refractivity contribution in [2.24, 2.45) is 0 Å². The largest absolute Gasteiger partial charge is 0.494 e. The number of hydrogen-bond acceptors (Lipinski definition) is 1. The molecule has 3 heteroatoms. The smallest absolute Gasteiger partial charge is 0.119 e. The molecule has 0 bridgehead atoms. The van der Waals surface area contributed by atoms with Gasteiger partial charge in [-0.1, -0.05) is 78.2 Å². The van der Waals surface area contributed by atoms with Crippen molar-refractivity contribution in [1.82, 2.24) is 0 Å². The molecule has 0 aliphatic rings. The summed E-state index contributed by atoms with van der Waals surface area (Å²) in [5.41, 5.74) is 0. The molecular formula is C20H26BrClO. The van der Waals surface area contributed by atoms with Gasteiger partial charge >= 0.3 is 0 Å². The Morgan fingerprint density at radius 3 is 2.09 bits per heavy atom. The molecule has 0 unspecified atom stereocenters. The maximum absolute atomic E-state index is 6.00. The van der Waals surface area contributed by atoms with Crippen LogP contribution in [0.15, 0.2) is 36.4 Å². The van der Waals surface area contributed by atoms with Crippen molar-refractivity contribution in [1.29, 1.82) is 0 Å². The first-order chi connectivity index (χ1) is 11.3. The molecule has 0 saturated heterocycles. The quantitative estimate of drug-likeness (QED) is 0.284. The summed E-state index contributed by atoms with van der Waals surface area (Å²) in [6, 6.07) is 12.1. The number of ether oxygens (including phenoxy) is 1. The van der Waals surface area contributed by atoms with Crippen LogP contribution in [-0.4, -0.2) is 11.9 Å². The standard InChI is InChI=1S/C20H26BrClO/c21-13-7-5-3-1-2-4-6-8-14-23-20-12-10-17-15-19(22)11-9-18(17)16-20/h9-12,15-16H,1-8,13-14H2. The number of unbranched alkanes of at least 4 members (excludes halogenated alkanes) is 7. The number of halogens is 2. The van der Waals surface area contributed by atoms with E-state index in [4.69, 9.17) is 16.3 Å². The van der Waals surface area contributed by atoms with Crippen LogP contribution in [0.2, 0.25) is 5.02 Å². The molecule has 0 saturated carbocycles. The van der Waals surface area contributed by atoms with Crippen molar-refractivity contribution in [3.05, 3.63) is 41.4 Å². The molecule has 0 radical (unpaired) electrons. The summed E-state index contributed by atoms with van der Waals surface area (Å²) in [6.45, 7) is 0.808. The Labute approximate surface area is 153 Å². The Hall–Kier alpha value is -0.730. The average Bonchev–Trinajstić information content (AvgIpc) is 2.56. The Balaban J connectivity index is 1.58. The molecule has 0 fully saturated rings. The van der Waals surface area contributed by atoms with Crippen molar-refractivity contribution in [2.75, 3.05) is 11.9 Å². The van der Waals surface area contributed by atoms with Gasteiger partial charge in [0.25, 0.3) is 0 Å². The number of rotatable bonds is 11. The Kier molecular flexibility index (Phi) is 8.85. The second kappa shape index (κ2) is 10.9. The number of alkyl halides is 1. The highest BCUT2D eigenvalue weighted by Crippen LogP contribution is 2.24. The van der Waals surface area contributed by atoms with Crippen LogP contribution in [0.3, 0.4) is 0 Å². The molecule has 2 rings (SSSR count). The van der Waals surface area contributed by atoms with Gasteiger partial charge in [-0.2, -0.15) is 0 Å². The van der Waals surface area contributed by atoms with Crippen LogP contribution in [0.1, 0.15) is 51.4 Å². The van der Waals surface area contributed by atoms with Gasteiger partial charge in [0, 0.05) is 10.4 Å².